The van der Waals surface area contributed by atoms with Crippen molar-refractivity contribution in [3.05, 3.63) is 48.7 Å². The fourth-order valence-electron chi connectivity index (χ4n) is 3.06. The van der Waals surface area contributed by atoms with Gasteiger partial charge in [-0.3, -0.25) is 0 Å². The molecule has 1 aliphatic rings. The maximum absolute atomic E-state index is 12.8. The van der Waals surface area contributed by atoms with Crippen LogP contribution in [0.2, 0.25) is 0 Å². The van der Waals surface area contributed by atoms with Gasteiger partial charge in [0, 0.05) is 25.0 Å². The molecule has 1 aliphatic heterocycles. The number of sulfonamides is 1. The number of nitrogens with one attached hydrogen (secondary N) is 1. The Kier molecular flexibility index (Phi) is 5.29. The van der Waals surface area contributed by atoms with Crippen molar-refractivity contribution < 1.29 is 13.5 Å². The zero-order valence-corrected chi connectivity index (χ0v) is 16.7. The minimum atomic E-state index is -3.44. The van der Waals surface area contributed by atoms with Crippen molar-refractivity contribution >= 4 is 33.0 Å². The first kappa shape index (κ1) is 18.9. The van der Waals surface area contributed by atoms with E-state index in [-0.39, 0.29) is 5.75 Å². The van der Waals surface area contributed by atoms with Gasteiger partial charge in [0.1, 0.15) is 9.96 Å². The highest BCUT2D eigenvalue weighted by Gasteiger charge is 2.27. The lowest BCUT2D eigenvalue weighted by Gasteiger charge is -2.25. The van der Waals surface area contributed by atoms with Crippen LogP contribution in [0.4, 0.5) is 11.6 Å². The van der Waals surface area contributed by atoms with Gasteiger partial charge in [-0.25, -0.2) is 18.4 Å². The molecule has 1 aromatic carbocycles. The van der Waals surface area contributed by atoms with Crippen molar-refractivity contribution in [1.82, 2.24) is 14.3 Å². The van der Waals surface area contributed by atoms with Crippen LogP contribution < -0.4 is 5.32 Å². The molecule has 4 rings (SSSR count). The molecule has 2 aromatic heterocycles. The first-order valence-corrected chi connectivity index (χ1v) is 11.3. The van der Waals surface area contributed by atoms with Gasteiger partial charge in [0.15, 0.2) is 0 Å². The van der Waals surface area contributed by atoms with Crippen LogP contribution in [0.3, 0.4) is 0 Å². The topological polar surface area (TPSA) is 95.4 Å². The lowest BCUT2D eigenvalue weighted by atomic mass is 10.2. The van der Waals surface area contributed by atoms with Crippen LogP contribution in [0.1, 0.15) is 19.3 Å². The molecule has 0 atom stereocenters. The molecule has 0 saturated carbocycles. The monoisotopic (exact) mass is 416 g/mol. The summed E-state index contributed by atoms with van der Waals surface area (Å²) in [6, 6.07) is 11.8. The molecule has 146 valence electrons. The second-order valence-electron chi connectivity index (χ2n) is 6.52. The summed E-state index contributed by atoms with van der Waals surface area (Å²) in [5.74, 6) is 0.582. The summed E-state index contributed by atoms with van der Waals surface area (Å²) in [6.45, 7) is 1.17. The van der Waals surface area contributed by atoms with Gasteiger partial charge in [-0.15, -0.1) is 11.3 Å². The molecule has 1 saturated heterocycles. The van der Waals surface area contributed by atoms with E-state index in [1.165, 1.54) is 11.3 Å². The lowest BCUT2D eigenvalue weighted by Crippen LogP contribution is -2.35. The van der Waals surface area contributed by atoms with Gasteiger partial charge < -0.3 is 10.4 Å². The highest BCUT2D eigenvalue weighted by molar-refractivity contribution is 7.91. The minimum absolute atomic E-state index is 0.182. The van der Waals surface area contributed by atoms with Crippen LogP contribution in [0.25, 0.3) is 10.6 Å². The first-order chi connectivity index (χ1) is 13.5. The quantitative estimate of drug-likeness (QED) is 0.614. The number of aromatic nitrogens is 2. The number of thiophene rings is 1. The van der Waals surface area contributed by atoms with E-state index in [0.29, 0.717) is 28.9 Å². The molecule has 1 fully saturated rings. The number of anilines is 2. The largest absolute Gasteiger partial charge is 0.508 e. The van der Waals surface area contributed by atoms with Crippen molar-refractivity contribution in [2.75, 3.05) is 18.4 Å². The zero-order chi connectivity index (χ0) is 19.6. The molecule has 3 heterocycles. The number of phenolic OH excluding ortho intramolecular Hbond substituents is 1. The highest BCUT2D eigenvalue weighted by atomic mass is 32.2. The van der Waals surface area contributed by atoms with Crippen LogP contribution in [0, 0.1) is 0 Å². The van der Waals surface area contributed by atoms with E-state index in [2.05, 4.69) is 15.3 Å². The van der Waals surface area contributed by atoms with Crippen LogP contribution in [-0.4, -0.2) is 40.9 Å². The van der Waals surface area contributed by atoms with Crippen LogP contribution in [0.5, 0.6) is 5.75 Å². The summed E-state index contributed by atoms with van der Waals surface area (Å²) < 4.78 is 27.6. The lowest BCUT2D eigenvalue weighted by molar-refractivity contribution is 0.347. The molecule has 0 amide bonds. The third-order valence-corrected chi connectivity index (χ3v) is 8.00. The van der Waals surface area contributed by atoms with Gasteiger partial charge >= 0.3 is 0 Å². The summed E-state index contributed by atoms with van der Waals surface area (Å²) in [5, 5.41) is 12.4. The predicted octanol–water partition coefficient (Wildman–Crippen LogP) is 3.83. The van der Waals surface area contributed by atoms with E-state index in [1.807, 2.05) is 0 Å². The zero-order valence-electron chi connectivity index (χ0n) is 15.1. The second kappa shape index (κ2) is 7.86. The molecule has 9 heteroatoms. The maximum Gasteiger partial charge on any atom is 0.252 e. The van der Waals surface area contributed by atoms with Crippen LogP contribution >= 0.6 is 11.3 Å². The molecule has 28 heavy (non-hydrogen) atoms. The number of phenols is 1. The predicted molar refractivity (Wildman–Crippen MR) is 109 cm³/mol. The Bertz CT molecular complexity index is 1060. The highest BCUT2D eigenvalue weighted by Crippen LogP contribution is 2.32. The molecule has 0 bridgehead atoms. The van der Waals surface area contributed by atoms with Crippen molar-refractivity contribution in [3.8, 4) is 16.3 Å². The number of piperidine rings is 1. The second-order valence-corrected chi connectivity index (χ2v) is 9.77. The van der Waals surface area contributed by atoms with Crippen molar-refractivity contribution in [2.45, 2.75) is 23.5 Å². The van der Waals surface area contributed by atoms with E-state index < -0.39 is 10.0 Å². The average Bonchev–Trinajstić information content (AvgIpc) is 3.22. The fraction of sp³-hybridized carbons (Fsp3) is 0.263. The third-order valence-electron chi connectivity index (χ3n) is 4.52. The number of hydrogen-bond acceptors (Lipinski definition) is 7. The number of rotatable bonds is 5. The molecule has 0 aliphatic carbocycles. The molecule has 0 unspecified atom stereocenters. The Labute approximate surface area is 167 Å². The third kappa shape index (κ3) is 4.01. The van der Waals surface area contributed by atoms with Crippen LogP contribution in [-0.2, 0) is 10.0 Å². The van der Waals surface area contributed by atoms with E-state index >= 15 is 0 Å². The van der Waals surface area contributed by atoms with Gasteiger partial charge in [-0.05, 0) is 55.3 Å². The fourth-order valence-corrected chi connectivity index (χ4v) is 6.01. The minimum Gasteiger partial charge on any atom is -0.508 e. The molecule has 3 aromatic rings. The Morgan fingerprint density at radius 2 is 1.75 bits per heavy atom. The normalized spacial score (nSPS) is 15.4. The van der Waals surface area contributed by atoms with E-state index in [9.17, 15) is 13.5 Å². The van der Waals surface area contributed by atoms with Gasteiger partial charge in [-0.2, -0.15) is 4.31 Å². The Morgan fingerprint density at radius 3 is 2.50 bits per heavy atom. The maximum atomic E-state index is 12.8. The van der Waals surface area contributed by atoms with Crippen molar-refractivity contribution in [3.63, 3.8) is 0 Å². The first-order valence-electron chi connectivity index (χ1n) is 9.02. The average molecular weight is 417 g/mol. The standard InChI is InChI=1S/C19H20N4O3S2/c24-15-6-4-14(5-7-15)21-19-20-11-10-16(22-19)17-8-9-18(27-17)28(25,26)23-12-2-1-3-13-23/h4-11,24H,1-3,12-13H2,(H,20,21,22). The molecule has 0 radical (unpaired) electrons. The summed E-state index contributed by atoms with van der Waals surface area (Å²) in [7, 11) is -3.44. The Balaban J connectivity index is 1.56. The smallest absolute Gasteiger partial charge is 0.252 e. The molecular weight excluding hydrogens is 396 g/mol. The van der Waals surface area contributed by atoms with Gasteiger partial charge in [0.05, 0.1) is 10.6 Å². The molecule has 7 nitrogen and oxygen atoms in total. The summed E-state index contributed by atoms with van der Waals surface area (Å²) in [4.78, 5) is 9.46. The summed E-state index contributed by atoms with van der Waals surface area (Å²) in [5.41, 5.74) is 1.40. The molecule has 2 N–H and O–H groups in total. The van der Waals surface area contributed by atoms with E-state index in [1.54, 1.807) is 53.0 Å². The van der Waals surface area contributed by atoms with E-state index in [0.717, 1.165) is 29.8 Å². The number of benzene rings is 1. The summed E-state index contributed by atoms with van der Waals surface area (Å²) in [6.07, 6.45) is 4.54. The Morgan fingerprint density at radius 1 is 1.00 bits per heavy atom. The molecular formula is C19H20N4O3S2. The van der Waals surface area contributed by atoms with Crippen LogP contribution in [0.15, 0.2) is 52.9 Å². The number of hydrogen-bond donors (Lipinski definition) is 2. The Hall–Kier alpha value is -2.49. The summed E-state index contributed by atoms with van der Waals surface area (Å²) >= 11 is 1.22. The van der Waals surface area contributed by atoms with Gasteiger partial charge in [0.2, 0.25) is 5.95 Å². The number of nitrogens with zero attached hydrogens (tertiary/aromatic N) is 3. The SMILES string of the molecule is O=S(=O)(c1ccc(-c2ccnc(Nc3ccc(O)cc3)n2)s1)N1CCCCC1. The van der Waals surface area contributed by atoms with Crippen molar-refractivity contribution in [2.24, 2.45) is 0 Å². The number of aromatic hydroxyl groups is 1. The van der Waals surface area contributed by atoms with Gasteiger partial charge in [0.25, 0.3) is 10.0 Å². The van der Waals surface area contributed by atoms with E-state index in [4.69, 9.17) is 0 Å². The molecule has 0 spiro atoms. The van der Waals surface area contributed by atoms with Gasteiger partial charge in [-0.1, -0.05) is 6.42 Å². The van der Waals surface area contributed by atoms with Crippen molar-refractivity contribution in [1.29, 1.82) is 0 Å².